The van der Waals surface area contributed by atoms with E-state index in [0.29, 0.717) is 0 Å². The van der Waals surface area contributed by atoms with Crippen molar-refractivity contribution in [3.8, 4) is 0 Å². The molecule has 0 aliphatic heterocycles. The van der Waals surface area contributed by atoms with Gasteiger partial charge in [-0.1, -0.05) is 6.92 Å². The van der Waals surface area contributed by atoms with Gasteiger partial charge in [0.2, 0.25) is 0 Å². The average molecular weight is 265 g/mol. The topological polar surface area (TPSA) is 107 Å². The second-order valence-electron chi connectivity index (χ2n) is 2.80. The zero-order valence-corrected chi connectivity index (χ0v) is 10.3. The van der Waals surface area contributed by atoms with E-state index in [1.54, 1.807) is 0 Å². The molecule has 0 aliphatic rings. The van der Waals surface area contributed by atoms with E-state index in [9.17, 15) is 4.57 Å². The van der Waals surface area contributed by atoms with Gasteiger partial charge < -0.3 is 24.7 Å². The molecule has 8 heteroatoms. The number of rotatable bonds is 6. The third kappa shape index (κ3) is 9.26. The first-order valence-corrected chi connectivity index (χ1v) is 6.06. The average Bonchev–Trinajstić information content (AvgIpc) is 2.22. The summed E-state index contributed by atoms with van der Waals surface area (Å²) in [6.45, 7) is 0.0335. The van der Waals surface area contributed by atoms with Crippen LogP contribution in [0.5, 0.6) is 0 Å². The molecule has 0 saturated heterocycles. The van der Waals surface area contributed by atoms with Crippen molar-refractivity contribution in [2.45, 2.75) is 6.92 Å². The van der Waals surface area contributed by atoms with Gasteiger partial charge in [-0.05, 0) is 0 Å². The van der Waals surface area contributed by atoms with Crippen molar-refractivity contribution in [1.82, 2.24) is 0 Å². The zero-order valence-electron chi connectivity index (χ0n) is 8.52. The molecule has 0 fully saturated rings. The number of halogens is 1. The van der Waals surface area contributed by atoms with E-state index in [-0.39, 0.29) is 6.61 Å². The van der Waals surface area contributed by atoms with E-state index in [2.05, 4.69) is 4.52 Å². The Morgan fingerprint density at radius 2 is 1.60 bits per heavy atom. The van der Waals surface area contributed by atoms with Gasteiger partial charge in [0.05, 0.1) is 31.8 Å². The van der Waals surface area contributed by atoms with Crippen molar-refractivity contribution in [3.05, 3.63) is 0 Å². The first-order chi connectivity index (χ1) is 7.01. The van der Waals surface area contributed by atoms with Crippen LogP contribution in [-0.4, -0.2) is 52.5 Å². The molecule has 0 amide bonds. The van der Waals surface area contributed by atoms with Crippen LogP contribution in [0.2, 0.25) is 0 Å². The summed E-state index contributed by atoms with van der Waals surface area (Å²) in [5.74, 6) is 0.722. The molecule has 0 aromatic carbocycles. The molecule has 1 atom stereocenters. The Morgan fingerprint density at radius 3 is 1.80 bits per heavy atom. The lowest BCUT2D eigenvalue weighted by atomic mass is 9.93. The molecule has 0 spiro atoms. The third-order valence-electron chi connectivity index (χ3n) is 1.51. The second kappa shape index (κ2) is 10.8. The Hall–Kier alpha value is 0.320. The lowest BCUT2D eigenvalue weighted by molar-refractivity contribution is -0.0261. The van der Waals surface area contributed by atoms with Crippen LogP contribution >= 0.6 is 19.9 Å². The van der Waals surface area contributed by atoms with Gasteiger partial charge in [-0.3, -0.25) is 4.57 Å². The summed E-state index contributed by atoms with van der Waals surface area (Å²) >= 11 is 5.00. The number of aliphatic hydroxyl groups excluding tert-OH is 3. The number of aliphatic hydroxyl groups is 3. The second-order valence-corrected chi connectivity index (χ2v) is 4.15. The number of alkyl halides is 1. The van der Waals surface area contributed by atoms with Gasteiger partial charge >= 0.3 is 8.25 Å². The fourth-order valence-corrected chi connectivity index (χ4v) is 0.931. The highest BCUT2D eigenvalue weighted by molar-refractivity contribution is 7.32. The molecule has 1 unspecified atom stereocenters. The van der Waals surface area contributed by atoms with Crippen molar-refractivity contribution in [1.29, 1.82) is 0 Å². The van der Waals surface area contributed by atoms with E-state index < -0.39 is 33.5 Å². The van der Waals surface area contributed by atoms with Gasteiger partial charge in [-0.25, -0.2) is 0 Å². The molecule has 94 valence electrons. The Morgan fingerprint density at radius 1 is 1.27 bits per heavy atom. The van der Waals surface area contributed by atoms with E-state index in [1.807, 2.05) is 6.92 Å². The first kappa shape index (κ1) is 17.7. The summed E-state index contributed by atoms with van der Waals surface area (Å²) in [7, 11) is -3.08. The van der Waals surface area contributed by atoms with Gasteiger partial charge in [0.15, 0.2) is 0 Å². The predicted octanol–water partition coefficient (Wildman–Crippen LogP) is -0.407. The standard InChI is InChI=1S/C5H13O6P.C2H5Cl/c6-1-5(2-7,3-8)4-11-12(9)10;1-2-3/h6-8,12H,1-4H2,(H,9,10);2H2,1H3. The fourth-order valence-electron chi connectivity index (χ4n) is 0.502. The van der Waals surface area contributed by atoms with Crippen LogP contribution in [0.15, 0.2) is 0 Å². The fraction of sp³-hybridized carbons (Fsp3) is 1.00. The molecule has 0 radical (unpaired) electrons. The van der Waals surface area contributed by atoms with Crippen LogP contribution in [0.1, 0.15) is 6.92 Å². The zero-order chi connectivity index (χ0) is 12.3. The van der Waals surface area contributed by atoms with Gasteiger partial charge in [0.1, 0.15) is 0 Å². The molecule has 0 aromatic rings. The van der Waals surface area contributed by atoms with Crippen molar-refractivity contribution >= 4 is 19.9 Å². The molecule has 0 aromatic heterocycles. The van der Waals surface area contributed by atoms with E-state index in [1.165, 1.54) is 0 Å². The maximum absolute atomic E-state index is 10.1. The number of hydrogen-bond donors (Lipinski definition) is 4. The highest BCUT2D eigenvalue weighted by Crippen LogP contribution is 2.22. The van der Waals surface area contributed by atoms with Crippen LogP contribution in [0.3, 0.4) is 0 Å². The molecule has 0 saturated carbocycles. The van der Waals surface area contributed by atoms with E-state index in [4.69, 9.17) is 31.8 Å². The molecule has 4 N–H and O–H groups in total. The van der Waals surface area contributed by atoms with Crippen LogP contribution in [0, 0.1) is 5.41 Å². The Balaban J connectivity index is 0. The monoisotopic (exact) mass is 264 g/mol. The Bertz CT molecular complexity index is 155. The van der Waals surface area contributed by atoms with Crippen molar-refractivity contribution < 1.29 is 29.3 Å². The SMILES string of the molecule is CCCl.O=[PH](O)OCC(CO)(CO)CO. The summed E-state index contributed by atoms with van der Waals surface area (Å²) < 4.78 is 14.4. The lowest BCUT2D eigenvalue weighted by Crippen LogP contribution is -2.38. The molecule has 15 heavy (non-hydrogen) atoms. The minimum Gasteiger partial charge on any atom is -0.396 e. The first-order valence-electron chi connectivity index (χ1n) is 4.26. The van der Waals surface area contributed by atoms with Crippen molar-refractivity contribution in [3.63, 3.8) is 0 Å². The highest BCUT2D eigenvalue weighted by Gasteiger charge is 2.29. The quantitative estimate of drug-likeness (QED) is 0.384. The molecule has 0 rings (SSSR count). The largest absolute Gasteiger partial charge is 0.396 e. The van der Waals surface area contributed by atoms with Crippen LogP contribution in [-0.2, 0) is 9.09 Å². The molecule has 0 bridgehead atoms. The van der Waals surface area contributed by atoms with Gasteiger partial charge in [-0.15, -0.1) is 11.6 Å². The molecule has 0 aliphatic carbocycles. The van der Waals surface area contributed by atoms with E-state index >= 15 is 0 Å². The molecular weight excluding hydrogens is 246 g/mol. The minimum absolute atomic E-state index is 0.342. The van der Waals surface area contributed by atoms with Crippen LogP contribution < -0.4 is 0 Å². The Kier molecular flexibility index (Phi) is 12.8. The molecular formula is C7H18ClO6P. The molecule has 6 nitrogen and oxygen atoms in total. The van der Waals surface area contributed by atoms with Gasteiger partial charge in [0.25, 0.3) is 0 Å². The maximum Gasteiger partial charge on any atom is 0.316 e. The molecule has 0 heterocycles. The van der Waals surface area contributed by atoms with Crippen LogP contribution in [0.4, 0.5) is 0 Å². The summed E-state index contributed by atoms with van der Waals surface area (Å²) in [6.07, 6.45) is 0. The highest BCUT2D eigenvalue weighted by atomic mass is 35.5. The third-order valence-corrected chi connectivity index (χ3v) is 1.90. The summed E-state index contributed by atoms with van der Waals surface area (Å²) in [4.78, 5) is 8.28. The van der Waals surface area contributed by atoms with Crippen molar-refractivity contribution in [2.24, 2.45) is 5.41 Å². The maximum atomic E-state index is 10.1. The van der Waals surface area contributed by atoms with E-state index in [0.717, 1.165) is 5.88 Å². The summed E-state index contributed by atoms with van der Waals surface area (Å²) in [5, 5.41) is 26.2. The number of hydrogen-bond acceptors (Lipinski definition) is 5. The lowest BCUT2D eigenvalue weighted by Gasteiger charge is -2.25. The smallest absolute Gasteiger partial charge is 0.316 e. The Labute approximate surface area is 94.4 Å². The van der Waals surface area contributed by atoms with Crippen LogP contribution in [0.25, 0.3) is 0 Å². The van der Waals surface area contributed by atoms with Crippen molar-refractivity contribution in [2.75, 3.05) is 32.3 Å². The van der Waals surface area contributed by atoms with Gasteiger partial charge in [0, 0.05) is 5.88 Å². The predicted molar refractivity (Wildman–Crippen MR) is 57.3 cm³/mol. The summed E-state index contributed by atoms with van der Waals surface area (Å²) in [5.41, 5.74) is -1.23. The minimum atomic E-state index is -3.08. The van der Waals surface area contributed by atoms with Gasteiger partial charge in [-0.2, -0.15) is 0 Å². The normalized spacial score (nSPS) is 12.9. The summed E-state index contributed by atoms with van der Waals surface area (Å²) in [6, 6.07) is 0.